The molecule has 0 radical (unpaired) electrons. The Morgan fingerprint density at radius 1 is 1.32 bits per heavy atom. The second-order valence-electron chi connectivity index (χ2n) is 6.22. The van der Waals surface area contributed by atoms with Crippen LogP contribution in [0.25, 0.3) is 0 Å². The normalized spacial score (nSPS) is 24.2. The Labute approximate surface area is 119 Å². The van der Waals surface area contributed by atoms with Crippen molar-refractivity contribution in [2.24, 2.45) is 0 Å². The van der Waals surface area contributed by atoms with Gasteiger partial charge in [-0.1, -0.05) is 0 Å². The third kappa shape index (κ3) is 3.50. The molecule has 1 saturated carbocycles. The van der Waals surface area contributed by atoms with Gasteiger partial charge in [0.15, 0.2) is 5.82 Å². The molecule has 19 heavy (non-hydrogen) atoms. The van der Waals surface area contributed by atoms with E-state index in [2.05, 4.69) is 10.3 Å². The lowest BCUT2D eigenvalue weighted by Gasteiger charge is -2.27. The summed E-state index contributed by atoms with van der Waals surface area (Å²) in [6.07, 6.45) is 7.42. The zero-order valence-corrected chi connectivity index (χ0v) is 12.6. The van der Waals surface area contributed by atoms with E-state index in [-0.39, 0.29) is 16.5 Å². The number of anilines is 1. The monoisotopic (exact) mass is 283 g/mol. The first kappa shape index (κ1) is 14.4. The summed E-state index contributed by atoms with van der Waals surface area (Å²) in [7, 11) is 0. The van der Waals surface area contributed by atoms with Gasteiger partial charge in [0, 0.05) is 29.4 Å². The van der Waals surface area contributed by atoms with Gasteiger partial charge >= 0.3 is 0 Å². The molecule has 1 heterocycles. The molecule has 0 atom stereocenters. The first-order valence-corrected chi connectivity index (χ1v) is 7.30. The number of nitrogens with one attached hydrogen (secondary N) is 1. The van der Waals surface area contributed by atoms with Gasteiger partial charge in [-0.25, -0.2) is 4.98 Å². The summed E-state index contributed by atoms with van der Waals surface area (Å²) in [6.45, 7) is 6.03. The van der Waals surface area contributed by atoms with Crippen molar-refractivity contribution >= 4 is 17.4 Å². The third-order valence-corrected chi connectivity index (χ3v) is 4.00. The van der Waals surface area contributed by atoms with Crippen LogP contribution >= 0.6 is 11.6 Å². The zero-order chi connectivity index (χ0) is 14.0. The van der Waals surface area contributed by atoms with E-state index in [9.17, 15) is 4.79 Å². The van der Waals surface area contributed by atoms with E-state index in [1.54, 1.807) is 17.0 Å². The SMILES string of the molecule is CC(C)(C)n1ccnc(NC2CCC(Cl)CC2)c1=O. The minimum absolute atomic E-state index is 0.0528. The van der Waals surface area contributed by atoms with Crippen LogP contribution in [0.15, 0.2) is 17.2 Å². The van der Waals surface area contributed by atoms with Crippen LogP contribution in [0.3, 0.4) is 0 Å². The molecule has 1 N–H and O–H groups in total. The Hall–Kier alpha value is -1.03. The largest absolute Gasteiger partial charge is 0.363 e. The van der Waals surface area contributed by atoms with Gasteiger partial charge in [-0.05, 0) is 46.5 Å². The maximum absolute atomic E-state index is 12.4. The zero-order valence-electron chi connectivity index (χ0n) is 11.8. The van der Waals surface area contributed by atoms with Crippen molar-refractivity contribution in [1.82, 2.24) is 9.55 Å². The predicted octanol–water partition coefficient (Wildman–Crippen LogP) is 2.96. The summed E-state index contributed by atoms with van der Waals surface area (Å²) in [5.41, 5.74) is -0.285. The van der Waals surface area contributed by atoms with Gasteiger partial charge in [0.2, 0.25) is 0 Å². The van der Waals surface area contributed by atoms with Crippen molar-refractivity contribution in [2.45, 2.75) is 63.4 Å². The van der Waals surface area contributed by atoms with E-state index in [1.807, 2.05) is 20.8 Å². The summed E-state index contributed by atoms with van der Waals surface area (Å²) in [5.74, 6) is 0.454. The quantitative estimate of drug-likeness (QED) is 0.849. The standard InChI is InChI=1S/C14H22ClN3O/c1-14(2,3)18-9-8-16-12(13(18)19)17-11-6-4-10(15)5-7-11/h8-11H,4-7H2,1-3H3,(H,16,17). The van der Waals surface area contributed by atoms with Crippen LogP contribution in [0.4, 0.5) is 5.82 Å². The lowest BCUT2D eigenvalue weighted by molar-refractivity contribution is 0.382. The van der Waals surface area contributed by atoms with Gasteiger partial charge in [0.25, 0.3) is 5.56 Å². The number of hydrogen-bond donors (Lipinski definition) is 1. The van der Waals surface area contributed by atoms with E-state index in [1.165, 1.54) is 0 Å². The molecule has 1 aliphatic rings. The van der Waals surface area contributed by atoms with Crippen LogP contribution in [0.5, 0.6) is 0 Å². The van der Waals surface area contributed by atoms with Gasteiger partial charge < -0.3 is 9.88 Å². The number of alkyl halides is 1. The Morgan fingerprint density at radius 3 is 2.53 bits per heavy atom. The second kappa shape index (κ2) is 5.53. The summed E-state index contributed by atoms with van der Waals surface area (Å²) in [4.78, 5) is 16.6. The van der Waals surface area contributed by atoms with Crippen molar-refractivity contribution in [3.63, 3.8) is 0 Å². The topological polar surface area (TPSA) is 46.9 Å². The molecule has 1 aromatic rings. The van der Waals surface area contributed by atoms with E-state index >= 15 is 0 Å². The van der Waals surface area contributed by atoms with Crippen molar-refractivity contribution < 1.29 is 0 Å². The molecule has 5 heteroatoms. The summed E-state index contributed by atoms with van der Waals surface area (Å²) in [5, 5.41) is 3.56. The van der Waals surface area contributed by atoms with Gasteiger partial charge in [-0.15, -0.1) is 11.6 Å². The molecular weight excluding hydrogens is 262 g/mol. The number of halogens is 1. The molecule has 1 fully saturated rings. The molecule has 2 rings (SSSR count). The Morgan fingerprint density at radius 2 is 1.95 bits per heavy atom. The highest BCUT2D eigenvalue weighted by molar-refractivity contribution is 6.20. The molecule has 0 bridgehead atoms. The van der Waals surface area contributed by atoms with Crippen LogP contribution in [-0.4, -0.2) is 21.0 Å². The molecule has 0 amide bonds. The number of rotatable bonds is 2. The molecule has 4 nitrogen and oxygen atoms in total. The van der Waals surface area contributed by atoms with Crippen LogP contribution in [0.2, 0.25) is 0 Å². The summed E-state index contributed by atoms with van der Waals surface area (Å²) in [6, 6.07) is 0.311. The fourth-order valence-corrected chi connectivity index (χ4v) is 2.68. The minimum atomic E-state index is -0.232. The fourth-order valence-electron chi connectivity index (χ4n) is 2.43. The molecule has 106 valence electrons. The highest BCUT2D eigenvalue weighted by atomic mass is 35.5. The van der Waals surface area contributed by atoms with Crippen LogP contribution in [0, 0.1) is 0 Å². The number of hydrogen-bond acceptors (Lipinski definition) is 3. The molecule has 0 spiro atoms. The van der Waals surface area contributed by atoms with Crippen molar-refractivity contribution in [1.29, 1.82) is 0 Å². The van der Waals surface area contributed by atoms with Gasteiger partial charge in [0.1, 0.15) is 0 Å². The molecular formula is C14H22ClN3O. The van der Waals surface area contributed by atoms with Crippen molar-refractivity contribution in [3.8, 4) is 0 Å². The molecule has 0 aromatic carbocycles. The van der Waals surface area contributed by atoms with Crippen molar-refractivity contribution in [3.05, 3.63) is 22.7 Å². The van der Waals surface area contributed by atoms with Gasteiger partial charge in [0.05, 0.1) is 0 Å². The van der Waals surface area contributed by atoms with E-state index < -0.39 is 0 Å². The second-order valence-corrected chi connectivity index (χ2v) is 6.83. The van der Waals surface area contributed by atoms with Gasteiger partial charge in [-0.3, -0.25) is 4.79 Å². The average Bonchev–Trinajstić information content (AvgIpc) is 2.33. The first-order valence-electron chi connectivity index (χ1n) is 6.86. The Kier molecular flexibility index (Phi) is 4.19. The number of nitrogens with zero attached hydrogens (tertiary/aromatic N) is 2. The lowest BCUT2D eigenvalue weighted by atomic mass is 9.95. The van der Waals surface area contributed by atoms with E-state index in [0.717, 1.165) is 25.7 Å². The van der Waals surface area contributed by atoms with Gasteiger partial charge in [-0.2, -0.15) is 0 Å². The predicted molar refractivity (Wildman–Crippen MR) is 79.0 cm³/mol. The summed E-state index contributed by atoms with van der Waals surface area (Å²) < 4.78 is 1.72. The number of aromatic nitrogens is 2. The molecule has 1 aliphatic carbocycles. The van der Waals surface area contributed by atoms with Crippen LogP contribution < -0.4 is 10.9 Å². The molecule has 0 saturated heterocycles. The minimum Gasteiger partial charge on any atom is -0.363 e. The Bertz CT molecular complexity index is 484. The van der Waals surface area contributed by atoms with Crippen LogP contribution in [0.1, 0.15) is 46.5 Å². The highest BCUT2D eigenvalue weighted by Gasteiger charge is 2.22. The molecule has 0 aliphatic heterocycles. The fraction of sp³-hybridized carbons (Fsp3) is 0.714. The third-order valence-electron chi connectivity index (χ3n) is 3.56. The average molecular weight is 284 g/mol. The highest BCUT2D eigenvalue weighted by Crippen LogP contribution is 2.24. The maximum atomic E-state index is 12.4. The van der Waals surface area contributed by atoms with Crippen LogP contribution in [-0.2, 0) is 5.54 Å². The summed E-state index contributed by atoms with van der Waals surface area (Å²) >= 11 is 6.09. The molecule has 1 aromatic heterocycles. The maximum Gasteiger partial charge on any atom is 0.293 e. The van der Waals surface area contributed by atoms with Crippen molar-refractivity contribution in [2.75, 3.05) is 5.32 Å². The lowest BCUT2D eigenvalue weighted by Crippen LogP contribution is -2.37. The van der Waals surface area contributed by atoms with E-state index in [4.69, 9.17) is 11.6 Å². The molecule has 0 unspecified atom stereocenters. The Balaban J connectivity index is 2.15. The smallest absolute Gasteiger partial charge is 0.293 e. The van der Waals surface area contributed by atoms with E-state index in [0.29, 0.717) is 11.9 Å². The first-order chi connectivity index (χ1) is 8.88.